The molecular weight excluding hydrogens is 366 g/mol. The number of benzene rings is 2. The molecule has 1 amide bonds. The average Bonchev–Trinajstić information content (AvgIpc) is 2.67. The molecule has 1 N–H and O–H groups in total. The molecule has 3 rings (SSSR count). The molecule has 0 saturated carbocycles. The highest BCUT2D eigenvalue weighted by atomic mass is 35.5. The summed E-state index contributed by atoms with van der Waals surface area (Å²) in [7, 11) is 0. The third kappa shape index (κ3) is 5.24. The quantitative estimate of drug-likeness (QED) is 0.797. The Bertz CT molecular complexity index is 844. The zero-order valence-corrected chi connectivity index (χ0v) is 15.4. The first-order valence-corrected chi connectivity index (χ1v) is 8.94. The molecule has 140 valence electrons. The summed E-state index contributed by atoms with van der Waals surface area (Å²) in [6.07, 6.45) is 1.63. The van der Waals surface area contributed by atoms with Crippen molar-refractivity contribution in [2.45, 2.75) is 0 Å². The molecule has 1 fully saturated rings. The SMILES string of the molecule is O=C([O-])/C=C\C(=O)Nc1ccc(N2CCN(c3cccc(Cl)c3)CC2)cc1. The van der Waals surface area contributed by atoms with Crippen molar-refractivity contribution in [2.24, 2.45) is 0 Å². The first-order chi connectivity index (χ1) is 13.0. The number of aliphatic carboxylic acids is 1. The van der Waals surface area contributed by atoms with E-state index in [9.17, 15) is 14.7 Å². The molecule has 0 aliphatic carbocycles. The van der Waals surface area contributed by atoms with E-state index in [1.54, 1.807) is 12.1 Å². The first kappa shape index (κ1) is 18.8. The number of carboxylic acids is 1. The van der Waals surface area contributed by atoms with Gasteiger partial charge in [0.25, 0.3) is 0 Å². The van der Waals surface area contributed by atoms with Crippen LogP contribution in [0.3, 0.4) is 0 Å². The maximum absolute atomic E-state index is 11.6. The number of amides is 1. The van der Waals surface area contributed by atoms with E-state index in [2.05, 4.69) is 21.2 Å². The van der Waals surface area contributed by atoms with E-state index in [1.807, 2.05) is 30.3 Å². The second-order valence-corrected chi connectivity index (χ2v) is 6.58. The number of carbonyl (C=O) groups excluding carboxylic acids is 2. The zero-order chi connectivity index (χ0) is 19.2. The highest BCUT2D eigenvalue weighted by molar-refractivity contribution is 6.30. The molecule has 1 saturated heterocycles. The monoisotopic (exact) mass is 384 g/mol. The summed E-state index contributed by atoms with van der Waals surface area (Å²) in [6.45, 7) is 3.55. The lowest BCUT2D eigenvalue weighted by Gasteiger charge is -2.37. The summed E-state index contributed by atoms with van der Waals surface area (Å²) in [5, 5.41) is 13.7. The van der Waals surface area contributed by atoms with Crippen molar-refractivity contribution in [1.29, 1.82) is 0 Å². The molecule has 0 unspecified atom stereocenters. The Morgan fingerprint density at radius 3 is 2.15 bits per heavy atom. The van der Waals surface area contributed by atoms with Gasteiger partial charge in [-0.25, -0.2) is 0 Å². The van der Waals surface area contributed by atoms with Gasteiger partial charge in [0.05, 0.1) is 5.97 Å². The molecule has 1 aliphatic rings. The molecular formula is C20H19ClN3O3-. The Hall–Kier alpha value is -2.99. The lowest BCUT2D eigenvalue weighted by Crippen LogP contribution is -2.46. The molecule has 7 heteroatoms. The number of hydrogen-bond acceptors (Lipinski definition) is 5. The number of rotatable bonds is 5. The highest BCUT2D eigenvalue weighted by Crippen LogP contribution is 2.24. The first-order valence-electron chi connectivity index (χ1n) is 8.57. The van der Waals surface area contributed by atoms with Crippen LogP contribution in [0.15, 0.2) is 60.7 Å². The Morgan fingerprint density at radius 2 is 1.56 bits per heavy atom. The van der Waals surface area contributed by atoms with Crippen LogP contribution < -0.4 is 20.2 Å². The molecule has 0 atom stereocenters. The van der Waals surface area contributed by atoms with Gasteiger partial charge in [-0.15, -0.1) is 0 Å². The van der Waals surface area contributed by atoms with Crippen molar-refractivity contribution < 1.29 is 14.7 Å². The van der Waals surface area contributed by atoms with Crippen LogP contribution in [0.2, 0.25) is 5.02 Å². The van der Waals surface area contributed by atoms with Crippen LogP contribution in [0.5, 0.6) is 0 Å². The van der Waals surface area contributed by atoms with Crippen LogP contribution in [-0.4, -0.2) is 38.1 Å². The molecule has 6 nitrogen and oxygen atoms in total. The van der Waals surface area contributed by atoms with E-state index in [-0.39, 0.29) is 0 Å². The summed E-state index contributed by atoms with van der Waals surface area (Å²) in [5.41, 5.74) is 2.80. The van der Waals surface area contributed by atoms with E-state index in [0.717, 1.165) is 48.7 Å². The fourth-order valence-electron chi connectivity index (χ4n) is 2.98. The minimum Gasteiger partial charge on any atom is -0.545 e. The van der Waals surface area contributed by atoms with Crippen LogP contribution in [0.25, 0.3) is 0 Å². The van der Waals surface area contributed by atoms with Crippen LogP contribution >= 0.6 is 11.6 Å². The topological polar surface area (TPSA) is 75.7 Å². The van der Waals surface area contributed by atoms with Crippen LogP contribution in [0.4, 0.5) is 17.1 Å². The third-order valence-corrected chi connectivity index (χ3v) is 4.56. The van der Waals surface area contributed by atoms with Gasteiger partial charge < -0.3 is 25.0 Å². The second kappa shape index (κ2) is 8.60. The minimum absolute atomic E-state index is 0.512. The molecule has 27 heavy (non-hydrogen) atoms. The number of carbonyl (C=O) groups is 2. The predicted molar refractivity (Wildman–Crippen MR) is 105 cm³/mol. The van der Waals surface area contributed by atoms with Crippen molar-refractivity contribution >= 4 is 40.5 Å². The molecule has 1 heterocycles. The van der Waals surface area contributed by atoms with E-state index >= 15 is 0 Å². The van der Waals surface area contributed by atoms with Gasteiger partial charge in [-0.3, -0.25) is 4.79 Å². The van der Waals surface area contributed by atoms with E-state index in [1.165, 1.54) is 0 Å². The lowest BCUT2D eigenvalue weighted by atomic mass is 10.2. The largest absolute Gasteiger partial charge is 0.545 e. The fourth-order valence-corrected chi connectivity index (χ4v) is 3.16. The van der Waals surface area contributed by atoms with E-state index in [0.29, 0.717) is 11.8 Å². The zero-order valence-electron chi connectivity index (χ0n) is 14.6. The lowest BCUT2D eigenvalue weighted by molar-refractivity contribution is -0.297. The highest BCUT2D eigenvalue weighted by Gasteiger charge is 2.17. The Kier molecular flexibility index (Phi) is 5.98. The summed E-state index contributed by atoms with van der Waals surface area (Å²) in [5.74, 6) is -1.92. The smallest absolute Gasteiger partial charge is 0.248 e. The van der Waals surface area contributed by atoms with Crippen molar-refractivity contribution in [2.75, 3.05) is 41.3 Å². The number of hydrogen-bond donors (Lipinski definition) is 1. The third-order valence-electron chi connectivity index (χ3n) is 4.32. The molecule has 0 spiro atoms. The van der Waals surface area contributed by atoms with Crippen LogP contribution in [0, 0.1) is 0 Å². The molecule has 2 aromatic rings. The molecule has 1 aliphatic heterocycles. The van der Waals surface area contributed by atoms with Gasteiger partial charge in [0.2, 0.25) is 5.91 Å². The van der Waals surface area contributed by atoms with Crippen molar-refractivity contribution in [3.8, 4) is 0 Å². The fraction of sp³-hybridized carbons (Fsp3) is 0.200. The number of piperazine rings is 1. The van der Waals surface area contributed by atoms with Gasteiger partial charge in [-0.2, -0.15) is 0 Å². The maximum Gasteiger partial charge on any atom is 0.248 e. The number of nitrogens with zero attached hydrogens (tertiary/aromatic N) is 2. The molecule has 0 bridgehead atoms. The molecule has 2 aromatic carbocycles. The van der Waals surface area contributed by atoms with Crippen molar-refractivity contribution in [3.63, 3.8) is 0 Å². The van der Waals surface area contributed by atoms with E-state index < -0.39 is 11.9 Å². The number of halogens is 1. The Balaban J connectivity index is 1.55. The summed E-state index contributed by atoms with van der Waals surface area (Å²) in [4.78, 5) is 26.5. The Morgan fingerprint density at radius 1 is 0.926 bits per heavy atom. The van der Waals surface area contributed by atoms with Crippen LogP contribution in [0.1, 0.15) is 0 Å². The van der Waals surface area contributed by atoms with Gasteiger partial charge >= 0.3 is 0 Å². The second-order valence-electron chi connectivity index (χ2n) is 6.14. The van der Waals surface area contributed by atoms with Gasteiger partial charge in [-0.05, 0) is 48.5 Å². The van der Waals surface area contributed by atoms with Crippen molar-refractivity contribution in [3.05, 3.63) is 65.7 Å². The van der Waals surface area contributed by atoms with Crippen molar-refractivity contribution in [1.82, 2.24) is 0 Å². The molecule has 0 radical (unpaired) electrons. The number of nitrogens with one attached hydrogen (secondary N) is 1. The number of anilines is 3. The average molecular weight is 385 g/mol. The number of carboxylic acid groups (broad SMARTS) is 1. The van der Waals surface area contributed by atoms with Crippen LogP contribution in [-0.2, 0) is 9.59 Å². The molecule has 0 aromatic heterocycles. The minimum atomic E-state index is -1.41. The Labute approximate surface area is 162 Å². The summed E-state index contributed by atoms with van der Waals surface area (Å²) < 4.78 is 0. The van der Waals surface area contributed by atoms with Gasteiger partial charge in [-0.1, -0.05) is 17.7 Å². The maximum atomic E-state index is 11.6. The predicted octanol–water partition coefficient (Wildman–Crippen LogP) is 1.91. The summed E-state index contributed by atoms with van der Waals surface area (Å²) in [6, 6.07) is 15.3. The van der Waals surface area contributed by atoms with Gasteiger partial charge in [0.15, 0.2) is 0 Å². The summed E-state index contributed by atoms with van der Waals surface area (Å²) >= 11 is 6.07. The van der Waals surface area contributed by atoms with E-state index in [4.69, 9.17) is 11.6 Å². The standard InChI is InChI=1S/C20H20ClN3O3/c21-15-2-1-3-18(14-15)24-12-10-23(11-13-24)17-6-4-16(5-7-17)22-19(25)8-9-20(26)27/h1-9,14H,10-13H2,(H,22,25)(H,26,27)/p-1/b9-8-. The normalized spacial score (nSPS) is 14.4. The van der Waals surface area contributed by atoms with Gasteiger partial charge in [0, 0.05) is 54.3 Å². The van der Waals surface area contributed by atoms with Gasteiger partial charge in [0.1, 0.15) is 0 Å².